The summed E-state index contributed by atoms with van der Waals surface area (Å²) in [6.45, 7) is 4.63. The average Bonchev–Trinajstić information content (AvgIpc) is 2.62. The predicted octanol–water partition coefficient (Wildman–Crippen LogP) is 4.58. The van der Waals surface area contributed by atoms with Crippen molar-refractivity contribution in [2.75, 3.05) is 11.9 Å². The van der Waals surface area contributed by atoms with Crippen LogP contribution in [-0.4, -0.2) is 17.5 Å². The summed E-state index contributed by atoms with van der Waals surface area (Å²) >= 11 is 0. The molecule has 1 heterocycles. The van der Waals surface area contributed by atoms with Crippen molar-refractivity contribution >= 4 is 22.5 Å². The van der Waals surface area contributed by atoms with Crippen LogP contribution in [-0.2, 0) is 0 Å². The van der Waals surface area contributed by atoms with Gasteiger partial charge in [0.05, 0.1) is 23.4 Å². The summed E-state index contributed by atoms with van der Waals surface area (Å²) in [7, 11) is 0. The lowest BCUT2D eigenvalue weighted by Crippen LogP contribution is -2.14. The SMILES string of the molecule is CCCOc1ccccc1C(=O)Nc1ccc(C)c2ncccc12. The molecule has 0 aliphatic rings. The first-order valence-corrected chi connectivity index (χ1v) is 8.08. The maximum Gasteiger partial charge on any atom is 0.259 e. The van der Waals surface area contributed by atoms with Crippen molar-refractivity contribution in [2.45, 2.75) is 20.3 Å². The molecule has 0 aliphatic carbocycles. The number of benzene rings is 2. The van der Waals surface area contributed by atoms with Crippen molar-refractivity contribution in [3.63, 3.8) is 0 Å². The van der Waals surface area contributed by atoms with Gasteiger partial charge in [0.15, 0.2) is 0 Å². The van der Waals surface area contributed by atoms with E-state index in [9.17, 15) is 4.79 Å². The van der Waals surface area contributed by atoms with E-state index in [4.69, 9.17) is 4.74 Å². The Kier molecular flexibility index (Phi) is 4.75. The molecule has 3 aromatic rings. The highest BCUT2D eigenvalue weighted by molar-refractivity contribution is 6.10. The number of pyridine rings is 1. The monoisotopic (exact) mass is 320 g/mol. The summed E-state index contributed by atoms with van der Waals surface area (Å²) in [4.78, 5) is 17.1. The number of para-hydroxylation sites is 1. The number of nitrogens with one attached hydrogen (secondary N) is 1. The van der Waals surface area contributed by atoms with E-state index >= 15 is 0 Å². The number of carbonyl (C=O) groups is 1. The smallest absolute Gasteiger partial charge is 0.259 e. The van der Waals surface area contributed by atoms with Gasteiger partial charge in [-0.15, -0.1) is 0 Å². The van der Waals surface area contributed by atoms with Gasteiger partial charge in [-0.25, -0.2) is 0 Å². The molecule has 122 valence electrons. The van der Waals surface area contributed by atoms with Gasteiger partial charge in [-0.3, -0.25) is 9.78 Å². The highest BCUT2D eigenvalue weighted by atomic mass is 16.5. The first-order chi connectivity index (χ1) is 11.7. The number of ether oxygens (including phenoxy) is 1. The number of hydrogen-bond acceptors (Lipinski definition) is 3. The minimum Gasteiger partial charge on any atom is -0.493 e. The van der Waals surface area contributed by atoms with Gasteiger partial charge in [-0.2, -0.15) is 0 Å². The van der Waals surface area contributed by atoms with E-state index in [0.29, 0.717) is 17.9 Å². The average molecular weight is 320 g/mol. The molecular weight excluding hydrogens is 300 g/mol. The molecule has 0 atom stereocenters. The van der Waals surface area contributed by atoms with Gasteiger partial charge in [0.1, 0.15) is 5.75 Å². The fraction of sp³-hybridized carbons (Fsp3) is 0.200. The van der Waals surface area contributed by atoms with Crippen LogP contribution in [0.1, 0.15) is 29.3 Å². The van der Waals surface area contributed by atoms with Crippen molar-refractivity contribution in [3.05, 3.63) is 65.9 Å². The number of rotatable bonds is 5. The molecule has 3 rings (SSSR count). The molecule has 0 radical (unpaired) electrons. The summed E-state index contributed by atoms with van der Waals surface area (Å²) in [6.07, 6.45) is 2.65. The maximum atomic E-state index is 12.7. The normalized spacial score (nSPS) is 10.6. The van der Waals surface area contributed by atoms with Gasteiger partial charge >= 0.3 is 0 Å². The molecule has 0 spiro atoms. The second-order valence-corrected chi connectivity index (χ2v) is 5.63. The number of nitrogens with zero attached hydrogens (tertiary/aromatic N) is 1. The zero-order chi connectivity index (χ0) is 16.9. The molecule has 4 nitrogen and oxygen atoms in total. The third-order valence-corrected chi connectivity index (χ3v) is 3.81. The van der Waals surface area contributed by atoms with Gasteiger partial charge in [-0.05, 0) is 49.2 Å². The summed E-state index contributed by atoms with van der Waals surface area (Å²) in [6, 6.07) is 15.0. The van der Waals surface area contributed by atoms with E-state index < -0.39 is 0 Å². The Morgan fingerprint density at radius 3 is 2.79 bits per heavy atom. The Morgan fingerprint density at radius 1 is 1.12 bits per heavy atom. The Labute approximate surface area is 141 Å². The van der Waals surface area contributed by atoms with Crippen molar-refractivity contribution in [3.8, 4) is 5.75 Å². The number of hydrogen-bond donors (Lipinski definition) is 1. The third kappa shape index (κ3) is 3.23. The molecule has 0 aliphatic heterocycles. The number of fused-ring (bicyclic) bond motifs is 1. The van der Waals surface area contributed by atoms with Crippen molar-refractivity contribution in [1.82, 2.24) is 4.98 Å². The van der Waals surface area contributed by atoms with Crippen LogP contribution in [0.5, 0.6) is 5.75 Å². The lowest BCUT2D eigenvalue weighted by atomic mass is 10.1. The lowest BCUT2D eigenvalue weighted by molar-refractivity contribution is 0.102. The summed E-state index contributed by atoms with van der Waals surface area (Å²) < 4.78 is 5.68. The Bertz CT molecular complexity index is 874. The molecule has 0 bridgehead atoms. The van der Waals surface area contributed by atoms with Crippen LogP contribution >= 0.6 is 0 Å². The Morgan fingerprint density at radius 2 is 1.96 bits per heavy atom. The maximum absolute atomic E-state index is 12.7. The van der Waals surface area contributed by atoms with Crippen LogP contribution in [0.2, 0.25) is 0 Å². The van der Waals surface area contributed by atoms with Crippen molar-refractivity contribution in [1.29, 1.82) is 0 Å². The molecule has 2 aromatic carbocycles. The number of anilines is 1. The van der Waals surface area contributed by atoms with Crippen LogP contribution in [0, 0.1) is 6.92 Å². The second-order valence-electron chi connectivity index (χ2n) is 5.63. The largest absolute Gasteiger partial charge is 0.493 e. The van der Waals surface area contributed by atoms with E-state index in [1.165, 1.54) is 0 Å². The van der Waals surface area contributed by atoms with Gasteiger partial charge in [0, 0.05) is 11.6 Å². The highest BCUT2D eigenvalue weighted by Gasteiger charge is 2.14. The summed E-state index contributed by atoms with van der Waals surface area (Å²) in [5, 5.41) is 3.91. The number of aromatic nitrogens is 1. The van der Waals surface area contributed by atoms with Crippen molar-refractivity contribution < 1.29 is 9.53 Å². The summed E-state index contributed by atoms with van der Waals surface area (Å²) in [5.74, 6) is 0.419. The van der Waals surface area contributed by atoms with E-state index in [2.05, 4.69) is 10.3 Å². The molecule has 24 heavy (non-hydrogen) atoms. The van der Waals surface area contributed by atoms with E-state index in [-0.39, 0.29) is 5.91 Å². The lowest BCUT2D eigenvalue weighted by Gasteiger charge is -2.13. The van der Waals surface area contributed by atoms with Crippen LogP contribution < -0.4 is 10.1 Å². The van der Waals surface area contributed by atoms with Gasteiger partial charge in [0.25, 0.3) is 5.91 Å². The van der Waals surface area contributed by atoms with Gasteiger partial charge < -0.3 is 10.1 Å². The Balaban J connectivity index is 1.93. The predicted molar refractivity (Wildman–Crippen MR) is 96.7 cm³/mol. The van der Waals surface area contributed by atoms with E-state index in [1.54, 1.807) is 12.3 Å². The van der Waals surface area contributed by atoms with Crippen LogP contribution in [0.25, 0.3) is 10.9 Å². The van der Waals surface area contributed by atoms with Crippen molar-refractivity contribution in [2.24, 2.45) is 0 Å². The fourth-order valence-electron chi connectivity index (χ4n) is 2.60. The zero-order valence-corrected chi connectivity index (χ0v) is 13.9. The number of aryl methyl sites for hydroxylation is 1. The highest BCUT2D eigenvalue weighted by Crippen LogP contribution is 2.26. The molecule has 1 amide bonds. The molecule has 0 fully saturated rings. The molecule has 0 saturated carbocycles. The van der Waals surface area contributed by atoms with Crippen LogP contribution in [0.3, 0.4) is 0 Å². The second kappa shape index (κ2) is 7.13. The van der Waals surface area contributed by atoms with Crippen LogP contribution in [0.15, 0.2) is 54.7 Å². The molecule has 1 aromatic heterocycles. The molecule has 0 saturated heterocycles. The molecular formula is C20H20N2O2. The van der Waals surface area contributed by atoms with E-state index in [0.717, 1.165) is 28.6 Å². The Hall–Kier alpha value is -2.88. The molecule has 1 N–H and O–H groups in total. The number of amides is 1. The first kappa shape index (κ1) is 16.0. The zero-order valence-electron chi connectivity index (χ0n) is 13.9. The third-order valence-electron chi connectivity index (χ3n) is 3.81. The quantitative estimate of drug-likeness (QED) is 0.748. The first-order valence-electron chi connectivity index (χ1n) is 8.08. The van der Waals surface area contributed by atoms with Crippen LogP contribution in [0.4, 0.5) is 5.69 Å². The molecule has 4 heteroatoms. The van der Waals surface area contributed by atoms with E-state index in [1.807, 2.05) is 56.3 Å². The topological polar surface area (TPSA) is 51.2 Å². The van der Waals surface area contributed by atoms with Gasteiger partial charge in [-0.1, -0.05) is 25.1 Å². The fourth-order valence-corrected chi connectivity index (χ4v) is 2.60. The molecule has 0 unspecified atom stereocenters. The minimum atomic E-state index is -0.185. The number of carbonyl (C=O) groups excluding carboxylic acids is 1. The minimum absolute atomic E-state index is 0.185. The summed E-state index contributed by atoms with van der Waals surface area (Å²) in [5.41, 5.74) is 3.25. The standard InChI is InChI=1S/C20H20N2O2/c1-3-13-24-18-9-5-4-7-16(18)20(23)22-17-11-10-14(2)19-15(17)8-6-12-21-19/h4-12H,3,13H2,1-2H3,(H,22,23). The van der Waals surface area contributed by atoms with Gasteiger partial charge in [0.2, 0.25) is 0 Å².